The normalized spacial score (nSPS) is 10.1. The van der Waals surface area contributed by atoms with Gasteiger partial charge in [0.05, 0.1) is 25.0 Å². The molecular formula is C18H19ClN2O5. The van der Waals surface area contributed by atoms with E-state index < -0.39 is 18.5 Å². The molecule has 0 saturated carbocycles. The summed E-state index contributed by atoms with van der Waals surface area (Å²) in [6, 6.07) is 7.90. The zero-order valence-electron chi connectivity index (χ0n) is 14.5. The molecule has 1 aromatic heterocycles. The molecule has 1 amide bonds. The number of ether oxygens (including phenoxy) is 3. The zero-order chi connectivity index (χ0) is 18.9. The van der Waals surface area contributed by atoms with Gasteiger partial charge in [-0.25, -0.2) is 9.78 Å². The molecule has 2 rings (SSSR count). The average molecular weight is 379 g/mol. The summed E-state index contributed by atoms with van der Waals surface area (Å²) < 4.78 is 15.8. The topological polar surface area (TPSA) is 86.8 Å². The Morgan fingerprint density at radius 1 is 1.23 bits per heavy atom. The molecule has 0 fully saturated rings. The number of methoxy groups -OCH3 is 1. The second kappa shape index (κ2) is 9.62. The number of carbonyl (C=O) groups excluding carboxylic acids is 2. The summed E-state index contributed by atoms with van der Waals surface area (Å²) in [4.78, 5) is 27.8. The van der Waals surface area contributed by atoms with E-state index >= 15 is 0 Å². The van der Waals surface area contributed by atoms with Crippen LogP contribution >= 0.6 is 11.6 Å². The van der Waals surface area contributed by atoms with E-state index in [0.717, 1.165) is 6.42 Å². The van der Waals surface area contributed by atoms with Crippen LogP contribution in [0.3, 0.4) is 0 Å². The van der Waals surface area contributed by atoms with Crippen molar-refractivity contribution in [2.24, 2.45) is 0 Å². The van der Waals surface area contributed by atoms with Gasteiger partial charge < -0.3 is 19.5 Å². The first-order valence-electron chi connectivity index (χ1n) is 7.93. The van der Waals surface area contributed by atoms with E-state index in [0.29, 0.717) is 23.8 Å². The average Bonchev–Trinajstić information content (AvgIpc) is 2.66. The van der Waals surface area contributed by atoms with E-state index in [1.807, 2.05) is 6.92 Å². The lowest BCUT2D eigenvalue weighted by atomic mass is 10.2. The van der Waals surface area contributed by atoms with Crippen LogP contribution < -0.4 is 14.8 Å². The third-order valence-electron chi connectivity index (χ3n) is 3.23. The van der Waals surface area contributed by atoms with Gasteiger partial charge in [-0.3, -0.25) is 4.79 Å². The summed E-state index contributed by atoms with van der Waals surface area (Å²) in [5.41, 5.74) is 0.590. The molecule has 26 heavy (non-hydrogen) atoms. The van der Waals surface area contributed by atoms with Gasteiger partial charge >= 0.3 is 5.97 Å². The molecule has 0 aliphatic carbocycles. The Balaban J connectivity index is 1.94. The molecule has 0 saturated heterocycles. The van der Waals surface area contributed by atoms with Crippen molar-refractivity contribution in [2.45, 2.75) is 13.3 Å². The van der Waals surface area contributed by atoms with Gasteiger partial charge in [0.15, 0.2) is 23.3 Å². The Morgan fingerprint density at radius 2 is 2.04 bits per heavy atom. The molecule has 0 bridgehead atoms. The quantitative estimate of drug-likeness (QED) is 0.560. The summed E-state index contributed by atoms with van der Waals surface area (Å²) in [7, 11) is 1.48. The summed E-state index contributed by atoms with van der Waals surface area (Å²) in [6.45, 7) is 2.07. The number of amides is 1. The highest BCUT2D eigenvalue weighted by molar-refractivity contribution is 6.32. The number of hydrogen-bond donors (Lipinski definition) is 1. The Hall–Kier alpha value is -2.80. The number of aromatic nitrogens is 1. The van der Waals surface area contributed by atoms with Gasteiger partial charge in [-0.2, -0.15) is 0 Å². The van der Waals surface area contributed by atoms with Crippen molar-refractivity contribution in [3.63, 3.8) is 0 Å². The number of pyridine rings is 1. The van der Waals surface area contributed by atoms with Crippen LogP contribution in [0.2, 0.25) is 5.15 Å². The molecule has 1 N–H and O–H groups in total. The van der Waals surface area contributed by atoms with Crippen molar-refractivity contribution in [3.8, 4) is 11.5 Å². The Kier molecular flexibility index (Phi) is 7.23. The van der Waals surface area contributed by atoms with E-state index in [9.17, 15) is 9.59 Å². The molecular weight excluding hydrogens is 360 g/mol. The highest BCUT2D eigenvalue weighted by atomic mass is 35.5. The van der Waals surface area contributed by atoms with Gasteiger partial charge in [0.2, 0.25) is 0 Å². The van der Waals surface area contributed by atoms with Crippen molar-refractivity contribution in [3.05, 3.63) is 47.2 Å². The van der Waals surface area contributed by atoms with Gasteiger partial charge in [-0.15, -0.1) is 0 Å². The molecule has 0 unspecified atom stereocenters. The SMILES string of the molecule is CCCOc1ccc(C(=O)OCC(=O)Nc2cccnc2Cl)cc1OC. The predicted octanol–water partition coefficient (Wildman–Crippen LogP) is 3.33. The number of carbonyl (C=O) groups is 2. The maximum Gasteiger partial charge on any atom is 0.338 e. The van der Waals surface area contributed by atoms with E-state index in [1.165, 1.54) is 19.4 Å². The molecule has 0 spiro atoms. The van der Waals surface area contributed by atoms with Crippen LogP contribution in [-0.4, -0.2) is 37.2 Å². The summed E-state index contributed by atoms with van der Waals surface area (Å²) in [5, 5.41) is 2.67. The van der Waals surface area contributed by atoms with Crippen LogP contribution in [0.5, 0.6) is 11.5 Å². The lowest BCUT2D eigenvalue weighted by molar-refractivity contribution is -0.119. The van der Waals surface area contributed by atoms with Crippen molar-refractivity contribution >= 4 is 29.2 Å². The fraction of sp³-hybridized carbons (Fsp3) is 0.278. The fourth-order valence-corrected chi connectivity index (χ4v) is 2.17. The number of nitrogens with one attached hydrogen (secondary N) is 1. The first-order chi connectivity index (χ1) is 12.5. The number of benzene rings is 1. The minimum absolute atomic E-state index is 0.152. The highest BCUT2D eigenvalue weighted by Crippen LogP contribution is 2.28. The summed E-state index contributed by atoms with van der Waals surface area (Å²) in [6.07, 6.45) is 2.35. The monoisotopic (exact) mass is 378 g/mol. The van der Waals surface area contributed by atoms with Crippen molar-refractivity contribution in [1.29, 1.82) is 0 Å². The van der Waals surface area contributed by atoms with Crippen molar-refractivity contribution in [1.82, 2.24) is 4.98 Å². The molecule has 1 heterocycles. The van der Waals surface area contributed by atoms with Gasteiger partial charge in [0.25, 0.3) is 5.91 Å². The van der Waals surface area contributed by atoms with Crippen LogP contribution in [0.15, 0.2) is 36.5 Å². The zero-order valence-corrected chi connectivity index (χ0v) is 15.2. The molecule has 0 aliphatic heterocycles. The molecule has 0 radical (unpaired) electrons. The number of nitrogens with zero attached hydrogens (tertiary/aromatic N) is 1. The van der Waals surface area contributed by atoms with Crippen LogP contribution in [0.25, 0.3) is 0 Å². The molecule has 2 aromatic rings. The van der Waals surface area contributed by atoms with Gasteiger partial charge in [0.1, 0.15) is 0 Å². The molecule has 0 atom stereocenters. The fourth-order valence-electron chi connectivity index (χ4n) is 2.01. The minimum Gasteiger partial charge on any atom is -0.493 e. The minimum atomic E-state index is -0.655. The number of halogens is 1. The van der Waals surface area contributed by atoms with Crippen molar-refractivity contribution < 1.29 is 23.8 Å². The molecule has 138 valence electrons. The lowest BCUT2D eigenvalue weighted by Crippen LogP contribution is -2.21. The van der Waals surface area contributed by atoms with Crippen LogP contribution in [0.4, 0.5) is 5.69 Å². The standard InChI is InChI=1S/C18H19ClN2O5/c1-3-9-25-14-7-6-12(10-15(14)24-2)18(23)26-11-16(22)21-13-5-4-8-20-17(13)19/h4-8,10H,3,9,11H2,1-2H3,(H,21,22). The maximum absolute atomic E-state index is 12.1. The van der Waals surface area contributed by atoms with Gasteiger partial charge in [-0.1, -0.05) is 18.5 Å². The number of rotatable bonds is 8. The molecule has 7 nitrogen and oxygen atoms in total. The first-order valence-corrected chi connectivity index (χ1v) is 8.31. The van der Waals surface area contributed by atoms with Crippen LogP contribution in [0, 0.1) is 0 Å². The van der Waals surface area contributed by atoms with Gasteiger partial charge in [0, 0.05) is 6.20 Å². The highest BCUT2D eigenvalue weighted by Gasteiger charge is 2.14. The van der Waals surface area contributed by atoms with E-state index in [4.69, 9.17) is 25.8 Å². The second-order valence-corrected chi connectivity index (χ2v) is 5.54. The number of esters is 1. The molecule has 0 aliphatic rings. The van der Waals surface area contributed by atoms with Crippen LogP contribution in [-0.2, 0) is 9.53 Å². The third-order valence-corrected chi connectivity index (χ3v) is 3.53. The molecule has 1 aromatic carbocycles. The Morgan fingerprint density at radius 3 is 2.73 bits per heavy atom. The van der Waals surface area contributed by atoms with E-state index in [1.54, 1.807) is 24.3 Å². The Bertz CT molecular complexity index is 782. The smallest absolute Gasteiger partial charge is 0.338 e. The van der Waals surface area contributed by atoms with Crippen molar-refractivity contribution in [2.75, 3.05) is 25.6 Å². The molecule has 8 heteroatoms. The third kappa shape index (κ3) is 5.35. The largest absolute Gasteiger partial charge is 0.493 e. The Labute approximate surface area is 156 Å². The van der Waals surface area contributed by atoms with E-state index in [-0.39, 0.29) is 10.7 Å². The number of anilines is 1. The number of hydrogen-bond acceptors (Lipinski definition) is 6. The second-order valence-electron chi connectivity index (χ2n) is 5.18. The first kappa shape index (κ1) is 19.5. The van der Waals surface area contributed by atoms with Crippen LogP contribution in [0.1, 0.15) is 23.7 Å². The lowest BCUT2D eigenvalue weighted by Gasteiger charge is -2.11. The van der Waals surface area contributed by atoms with Gasteiger partial charge in [-0.05, 0) is 36.8 Å². The summed E-state index contributed by atoms with van der Waals surface area (Å²) in [5.74, 6) is -0.227. The maximum atomic E-state index is 12.1. The predicted molar refractivity (Wildman–Crippen MR) is 96.9 cm³/mol. The summed E-state index contributed by atoms with van der Waals surface area (Å²) >= 11 is 5.85. The van der Waals surface area contributed by atoms with E-state index in [2.05, 4.69) is 10.3 Å².